The Bertz CT molecular complexity index is 545. The lowest BCUT2D eigenvalue weighted by Crippen LogP contribution is -2.33. The van der Waals surface area contributed by atoms with Crippen LogP contribution in [0.3, 0.4) is 0 Å². The zero-order valence-corrected chi connectivity index (χ0v) is 16.1. The van der Waals surface area contributed by atoms with Crippen molar-refractivity contribution in [3.05, 3.63) is 22.2 Å². The summed E-state index contributed by atoms with van der Waals surface area (Å²) in [5.41, 5.74) is 0.573. The van der Waals surface area contributed by atoms with Gasteiger partial charge in [-0.15, -0.1) is 0 Å². The lowest BCUT2D eigenvalue weighted by atomic mass is 9.96. The largest absolute Gasteiger partial charge is 0.493 e. The molecule has 1 aliphatic rings. The molecule has 0 aromatic heterocycles. The molecule has 1 aliphatic heterocycles. The van der Waals surface area contributed by atoms with Gasteiger partial charge in [-0.25, -0.2) is 0 Å². The van der Waals surface area contributed by atoms with E-state index in [0.717, 1.165) is 30.4 Å². The highest BCUT2D eigenvalue weighted by atomic mass is 79.9. The highest BCUT2D eigenvalue weighted by Gasteiger charge is 2.17. The van der Waals surface area contributed by atoms with Crippen LogP contribution in [-0.2, 0) is 0 Å². The van der Waals surface area contributed by atoms with Crippen molar-refractivity contribution in [3.63, 3.8) is 0 Å². The Morgan fingerprint density at radius 2 is 2.29 bits per heavy atom. The van der Waals surface area contributed by atoms with Crippen molar-refractivity contribution >= 4 is 21.8 Å². The third-order valence-corrected chi connectivity index (χ3v) is 4.77. The van der Waals surface area contributed by atoms with Crippen molar-refractivity contribution in [2.24, 2.45) is 5.92 Å². The molecular formula is C18H27BrN2O3. The van der Waals surface area contributed by atoms with E-state index in [1.807, 2.05) is 6.92 Å². The SMILES string of the molecule is CCCOc1c(Br)cc(C(=O)NCCC2CCCNC2)cc1OC. The van der Waals surface area contributed by atoms with Gasteiger partial charge in [0.2, 0.25) is 0 Å². The average molecular weight is 399 g/mol. The van der Waals surface area contributed by atoms with E-state index in [4.69, 9.17) is 9.47 Å². The number of benzene rings is 1. The molecule has 0 radical (unpaired) electrons. The number of methoxy groups -OCH3 is 1. The molecule has 1 unspecified atom stereocenters. The lowest BCUT2D eigenvalue weighted by Gasteiger charge is -2.22. The molecule has 2 rings (SSSR count). The Kier molecular flexibility index (Phi) is 7.85. The first-order valence-corrected chi connectivity index (χ1v) is 9.44. The fourth-order valence-electron chi connectivity index (χ4n) is 2.86. The van der Waals surface area contributed by atoms with Crippen LogP contribution in [0.2, 0.25) is 0 Å². The zero-order chi connectivity index (χ0) is 17.4. The molecule has 1 amide bonds. The van der Waals surface area contributed by atoms with E-state index in [1.54, 1.807) is 19.2 Å². The highest BCUT2D eigenvalue weighted by Crippen LogP contribution is 2.36. The zero-order valence-electron chi connectivity index (χ0n) is 14.5. The fourth-order valence-corrected chi connectivity index (χ4v) is 3.41. The summed E-state index contributed by atoms with van der Waals surface area (Å²) >= 11 is 3.47. The molecule has 2 N–H and O–H groups in total. The van der Waals surface area contributed by atoms with Gasteiger partial charge in [0.25, 0.3) is 5.91 Å². The van der Waals surface area contributed by atoms with Gasteiger partial charge in [0, 0.05) is 12.1 Å². The van der Waals surface area contributed by atoms with Gasteiger partial charge < -0.3 is 20.1 Å². The van der Waals surface area contributed by atoms with Crippen molar-refractivity contribution in [2.75, 3.05) is 33.4 Å². The second-order valence-corrected chi connectivity index (χ2v) is 6.95. The summed E-state index contributed by atoms with van der Waals surface area (Å²) in [6.07, 6.45) is 4.39. The predicted molar refractivity (Wildman–Crippen MR) is 99.0 cm³/mol. The second kappa shape index (κ2) is 9.89. The maximum atomic E-state index is 12.4. The van der Waals surface area contributed by atoms with Crippen molar-refractivity contribution in [1.29, 1.82) is 0 Å². The third kappa shape index (κ3) is 5.38. The van der Waals surface area contributed by atoms with Crippen LogP contribution in [0.25, 0.3) is 0 Å². The number of rotatable bonds is 8. The number of carbonyl (C=O) groups excluding carboxylic acids is 1. The van der Waals surface area contributed by atoms with E-state index in [1.165, 1.54) is 12.8 Å². The highest BCUT2D eigenvalue weighted by molar-refractivity contribution is 9.10. The summed E-state index contributed by atoms with van der Waals surface area (Å²) in [6, 6.07) is 3.51. The number of hydrogen-bond acceptors (Lipinski definition) is 4. The van der Waals surface area contributed by atoms with Gasteiger partial charge in [0.15, 0.2) is 11.5 Å². The maximum absolute atomic E-state index is 12.4. The number of nitrogens with one attached hydrogen (secondary N) is 2. The summed E-state index contributed by atoms with van der Waals surface area (Å²) in [6.45, 7) is 5.51. The van der Waals surface area contributed by atoms with Crippen molar-refractivity contribution in [3.8, 4) is 11.5 Å². The van der Waals surface area contributed by atoms with Gasteiger partial charge in [-0.1, -0.05) is 6.92 Å². The molecule has 6 heteroatoms. The summed E-state index contributed by atoms with van der Waals surface area (Å²) in [4.78, 5) is 12.4. The first kappa shape index (κ1) is 19.1. The van der Waals surface area contributed by atoms with Crippen molar-refractivity contribution in [2.45, 2.75) is 32.6 Å². The molecule has 1 aromatic rings. The van der Waals surface area contributed by atoms with Crippen LogP contribution in [0.5, 0.6) is 11.5 Å². The molecule has 0 spiro atoms. The van der Waals surface area contributed by atoms with Gasteiger partial charge in [-0.3, -0.25) is 4.79 Å². The Balaban J connectivity index is 1.94. The molecule has 0 saturated carbocycles. The van der Waals surface area contributed by atoms with Gasteiger partial charge in [-0.2, -0.15) is 0 Å². The molecule has 0 bridgehead atoms. The van der Waals surface area contributed by atoms with Crippen LogP contribution >= 0.6 is 15.9 Å². The van der Waals surface area contributed by atoms with Crippen LogP contribution < -0.4 is 20.1 Å². The van der Waals surface area contributed by atoms with E-state index in [9.17, 15) is 4.79 Å². The summed E-state index contributed by atoms with van der Waals surface area (Å²) in [5.74, 6) is 1.79. The number of ether oxygens (including phenoxy) is 2. The van der Waals surface area contributed by atoms with Gasteiger partial charge in [-0.05, 0) is 72.8 Å². The topological polar surface area (TPSA) is 59.6 Å². The smallest absolute Gasteiger partial charge is 0.251 e. The number of halogens is 1. The van der Waals surface area contributed by atoms with Crippen molar-refractivity contribution < 1.29 is 14.3 Å². The van der Waals surface area contributed by atoms with Gasteiger partial charge in [0.05, 0.1) is 18.2 Å². The first-order chi connectivity index (χ1) is 11.7. The summed E-state index contributed by atoms with van der Waals surface area (Å²) < 4.78 is 11.8. The van der Waals surface area contributed by atoms with Crippen LogP contribution in [0, 0.1) is 5.92 Å². The van der Waals surface area contributed by atoms with Crippen molar-refractivity contribution in [1.82, 2.24) is 10.6 Å². The molecule has 1 saturated heterocycles. The number of hydrogen-bond donors (Lipinski definition) is 2. The summed E-state index contributed by atoms with van der Waals surface area (Å²) in [5, 5.41) is 6.40. The minimum absolute atomic E-state index is 0.0835. The Morgan fingerprint density at radius 1 is 1.46 bits per heavy atom. The molecule has 1 fully saturated rings. The van der Waals surface area contributed by atoms with Gasteiger partial charge >= 0.3 is 0 Å². The molecule has 134 valence electrons. The maximum Gasteiger partial charge on any atom is 0.251 e. The molecule has 5 nitrogen and oxygen atoms in total. The molecule has 1 heterocycles. The van der Waals surface area contributed by atoms with E-state index in [0.29, 0.717) is 36.1 Å². The predicted octanol–water partition coefficient (Wildman–Crippen LogP) is 3.37. The van der Waals surface area contributed by atoms with E-state index < -0.39 is 0 Å². The van der Waals surface area contributed by atoms with Crippen LogP contribution in [0.15, 0.2) is 16.6 Å². The molecule has 0 aliphatic carbocycles. The summed E-state index contributed by atoms with van der Waals surface area (Å²) in [7, 11) is 1.58. The molecule has 24 heavy (non-hydrogen) atoms. The fraction of sp³-hybridized carbons (Fsp3) is 0.611. The minimum atomic E-state index is -0.0835. The average Bonchev–Trinajstić information content (AvgIpc) is 2.60. The monoisotopic (exact) mass is 398 g/mol. The Hall–Kier alpha value is -1.27. The van der Waals surface area contributed by atoms with E-state index in [-0.39, 0.29) is 5.91 Å². The molecule has 1 atom stereocenters. The lowest BCUT2D eigenvalue weighted by molar-refractivity contribution is 0.0950. The first-order valence-electron chi connectivity index (χ1n) is 8.65. The number of piperidine rings is 1. The Labute approximate surface area is 152 Å². The van der Waals surface area contributed by atoms with Gasteiger partial charge in [0.1, 0.15) is 0 Å². The van der Waals surface area contributed by atoms with Crippen LogP contribution in [-0.4, -0.2) is 39.3 Å². The number of amides is 1. The normalized spacial score (nSPS) is 17.4. The quantitative estimate of drug-likeness (QED) is 0.704. The van der Waals surface area contributed by atoms with Crippen LogP contribution in [0.4, 0.5) is 0 Å². The number of carbonyl (C=O) groups is 1. The minimum Gasteiger partial charge on any atom is -0.493 e. The van der Waals surface area contributed by atoms with E-state index in [2.05, 4.69) is 26.6 Å². The third-order valence-electron chi connectivity index (χ3n) is 4.18. The molecule has 1 aromatic carbocycles. The van der Waals surface area contributed by atoms with E-state index >= 15 is 0 Å². The second-order valence-electron chi connectivity index (χ2n) is 6.09. The Morgan fingerprint density at radius 3 is 2.96 bits per heavy atom. The molecular weight excluding hydrogens is 372 g/mol. The van der Waals surface area contributed by atoms with Crippen LogP contribution in [0.1, 0.15) is 43.0 Å². The standard InChI is InChI=1S/C18H27BrN2O3/c1-3-9-24-17-15(19)10-14(11-16(17)23-2)18(22)21-8-6-13-5-4-7-20-12-13/h10-11,13,20H,3-9,12H2,1-2H3,(H,21,22).